The molecule has 0 bridgehead atoms. The first-order valence-electron chi connectivity index (χ1n) is 8.44. The Morgan fingerprint density at radius 2 is 1.67 bits per heavy atom. The Labute approximate surface area is 157 Å². The van der Waals surface area contributed by atoms with Gasteiger partial charge in [-0.3, -0.25) is 0 Å². The molecule has 1 heterocycles. The van der Waals surface area contributed by atoms with E-state index >= 15 is 0 Å². The molecule has 0 spiro atoms. The van der Waals surface area contributed by atoms with Gasteiger partial charge >= 0.3 is 0 Å². The summed E-state index contributed by atoms with van der Waals surface area (Å²) in [6, 6.07) is 12.1. The molecule has 7 nitrogen and oxygen atoms in total. The number of phenolic OH excluding ortho intramolecular Hbond substituents is 1. The molecule has 3 aromatic rings. The minimum atomic E-state index is 0.0121. The second kappa shape index (κ2) is 7.82. The van der Waals surface area contributed by atoms with Gasteiger partial charge in [-0.1, -0.05) is 0 Å². The third-order valence-corrected chi connectivity index (χ3v) is 3.87. The highest BCUT2D eigenvalue weighted by Gasteiger charge is 2.18. The summed E-state index contributed by atoms with van der Waals surface area (Å²) in [5.41, 5.74) is 7.25. The lowest BCUT2D eigenvalue weighted by atomic mass is 10.1. The first kappa shape index (κ1) is 18.3. The van der Waals surface area contributed by atoms with Crippen molar-refractivity contribution in [3.8, 4) is 40.0 Å². The predicted octanol–water partition coefficient (Wildman–Crippen LogP) is 3.94. The summed E-state index contributed by atoms with van der Waals surface area (Å²) in [6.45, 7) is 4.15. The number of aromatic hydroxyl groups is 1. The average Bonchev–Trinajstić information content (AvgIpc) is 2.65. The first-order chi connectivity index (χ1) is 13.0. The summed E-state index contributed by atoms with van der Waals surface area (Å²) in [5, 5.41) is 10.5. The molecule has 2 aromatic carbocycles. The van der Waals surface area contributed by atoms with Gasteiger partial charge in [0.15, 0.2) is 5.75 Å². The topological polar surface area (TPSA) is 99.7 Å². The Balaban J connectivity index is 2.04. The number of anilines is 1. The molecular formula is C20H21N3O4. The number of benzene rings is 2. The van der Waals surface area contributed by atoms with Crippen LogP contribution in [0.3, 0.4) is 0 Å². The van der Waals surface area contributed by atoms with Gasteiger partial charge in [0.2, 0.25) is 5.95 Å². The molecule has 0 fully saturated rings. The fourth-order valence-electron chi connectivity index (χ4n) is 2.62. The molecule has 3 N–H and O–H groups in total. The van der Waals surface area contributed by atoms with E-state index in [1.165, 1.54) is 6.07 Å². The van der Waals surface area contributed by atoms with Gasteiger partial charge in [0.25, 0.3) is 0 Å². The third-order valence-electron chi connectivity index (χ3n) is 3.87. The molecule has 7 heteroatoms. The fraction of sp³-hybridized carbons (Fsp3) is 0.200. The number of ether oxygens (including phenoxy) is 3. The number of aryl methyl sites for hydroxylation is 1. The van der Waals surface area contributed by atoms with Gasteiger partial charge in [-0.15, -0.1) is 0 Å². The van der Waals surface area contributed by atoms with Crippen LogP contribution in [0.15, 0.2) is 42.5 Å². The monoisotopic (exact) mass is 367 g/mol. The minimum Gasteiger partial charge on any atom is -0.507 e. The maximum absolute atomic E-state index is 10.5. The highest BCUT2D eigenvalue weighted by atomic mass is 16.5. The van der Waals surface area contributed by atoms with Gasteiger partial charge in [-0.05, 0) is 50.2 Å². The van der Waals surface area contributed by atoms with Crippen molar-refractivity contribution < 1.29 is 19.3 Å². The van der Waals surface area contributed by atoms with Crippen LogP contribution in [0.2, 0.25) is 0 Å². The zero-order chi connectivity index (χ0) is 19.4. The Bertz CT molecular complexity index is 943. The molecule has 0 saturated carbocycles. The summed E-state index contributed by atoms with van der Waals surface area (Å²) >= 11 is 0. The zero-order valence-corrected chi connectivity index (χ0v) is 15.4. The summed E-state index contributed by atoms with van der Waals surface area (Å²) in [7, 11) is 1.60. The lowest BCUT2D eigenvalue weighted by Crippen LogP contribution is -2.03. The van der Waals surface area contributed by atoms with Gasteiger partial charge in [0.05, 0.1) is 19.4 Å². The number of nitrogens with two attached hydrogens (primary N) is 1. The average molecular weight is 367 g/mol. The lowest BCUT2D eigenvalue weighted by molar-refractivity contribution is 0.338. The quantitative estimate of drug-likeness (QED) is 0.680. The van der Waals surface area contributed by atoms with E-state index < -0.39 is 0 Å². The summed E-state index contributed by atoms with van der Waals surface area (Å²) in [6.07, 6.45) is 0. The van der Waals surface area contributed by atoms with E-state index in [4.69, 9.17) is 19.9 Å². The van der Waals surface area contributed by atoms with Crippen LogP contribution in [0.1, 0.15) is 12.6 Å². The molecule has 0 aliphatic rings. The van der Waals surface area contributed by atoms with E-state index in [2.05, 4.69) is 9.97 Å². The molecule has 0 aliphatic heterocycles. The molecule has 140 valence electrons. The molecule has 27 heavy (non-hydrogen) atoms. The van der Waals surface area contributed by atoms with Crippen molar-refractivity contribution in [1.29, 1.82) is 0 Å². The van der Waals surface area contributed by atoms with Crippen molar-refractivity contribution in [3.05, 3.63) is 48.2 Å². The Morgan fingerprint density at radius 1 is 1.00 bits per heavy atom. The van der Waals surface area contributed by atoms with Crippen LogP contribution in [-0.2, 0) is 0 Å². The van der Waals surface area contributed by atoms with Crippen LogP contribution in [-0.4, -0.2) is 28.8 Å². The highest BCUT2D eigenvalue weighted by Crippen LogP contribution is 2.40. The maximum Gasteiger partial charge on any atom is 0.221 e. The van der Waals surface area contributed by atoms with Crippen LogP contribution in [0.5, 0.6) is 28.7 Å². The predicted molar refractivity (Wildman–Crippen MR) is 103 cm³/mol. The Hall–Kier alpha value is -3.48. The van der Waals surface area contributed by atoms with Crippen molar-refractivity contribution in [3.63, 3.8) is 0 Å². The third kappa shape index (κ3) is 4.03. The lowest BCUT2D eigenvalue weighted by Gasteiger charge is -2.15. The van der Waals surface area contributed by atoms with E-state index in [9.17, 15) is 5.11 Å². The fourth-order valence-corrected chi connectivity index (χ4v) is 2.62. The SMILES string of the molecule is CCOc1ccc(-c2nc(N)nc(C)c2Oc2ccc(OC)cc2)c(O)c1. The molecule has 3 rings (SSSR count). The summed E-state index contributed by atoms with van der Waals surface area (Å²) in [5.74, 6) is 2.39. The number of hydrogen-bond acceptors (Lipinski definition) is 7. The molecule has 0 amide bonds. The van der Waals surface area contributed by atoms with Crippen molar-refractivity contribution in [2.45, 2.75) is 13.8 Å². The van der Waals surface area contributed by atoms with Gasteiger partial charge in [0.1, 0.15) is 28.7 Å². The first-order valence-corrected chi connectivity index (χ1v) is 8.44. The standard InChI is InChI=1S/C20H21N3O4/c1-4-26-15-9-10-16(17(24)11-15)18-19(12(2)22-20(21)23-18)27-14-7-5-13(25-3)6-8-14/h5-11,24H,4H2,1-3H3,(H2,21,22,23). The van der Waals surface area contributed by atoms with Gasteiger partial charge in [-0.25, -0.2) is 9.97 Å². The molecular weight excluding hydrogens is 346 g/mol. The van der Waals surface area contributed by atoms with E-state index in [0.717, 1.165) is 5.75 Å². The number of phenols is 1. The summed E-state index contributed by atoms with van der Waals surface area (Å²) < 4.78 is 16.6. The molecule has 0 saturated heterocycles. The summed E-state index contributed by atoms with van der Waals surface area (Å²) in [4.78, 5) is 8.46. The minimum absolute atomic E-state index is 0.0121. The second-order valence-corrected chi connectivity index (χ2v) is 5.73. The number of nitrogens with zero attached hydrogens (tertiary/aromatic N) is 2. The second-order valence-electron chi connectivity index (χ2n) is 5.73. The van der Waals surface area contributed by atoms with E-state index in [1.54, 1.807) is 50.4 Å². The number of rotatable bonds is 6. The Morgan fingerprint density at radius 3 is 2.30 bits per heavy atom. The number of methoxy groups -OCH3 is 1. The molecule has 0 unspecified atom stereocenters. The zero-order valence-electron chi connectivity index (χ0n) is 15.4. The van der Waals surface area contributed by atoms with E-state index in [1.807, 2.05) is 6.92 Å². The number of nitrogen functional groups attached to an aromatic ring is 1. The molecule has 0 aliphatic carbocycles. The van der Waals surface area contributed by atoms with Crippen LogP contribution in [0.25, 0.3) is 11.3 Å². The number of hydrogen-bond donors (Lipinski definition) is 2. The Kier molecular flexibility index (Phi) is 5.30. The smallest absolute Gasteiger partial charge is 0.221 e. The molecule has 0 radical (unpaired) electrons. The van der Waals surface area contributed by atoms with Crippen LogP contribution in [0, 0.1) is 6.92 Å². The molecule has 1 aromatic heterocycles. The van der Waals surface area contributed by atoms with Crippen molar-refractivity contribution in [1.82, 2.24) is 9.97 Å². The van der Waals surface area contributed by atoms with Gasteiger partial charge in [-0.2, -0.15) is 0 Å². The van der Waals surface area contributed by atoms with Crippen LogP contribution in [0.4, 0.5) is 5.95 Å². The molecule has 0 atom stereocenters. The highest BCUT2D eigenvalue weighted by molar-refractivity contribution is 5.75. The van der Waals surface area contributed by atoms with Crippen molar-refractivity contribution in [2.24, 2.45) is 0 Å². The maximum atomic E-state index is 10.5. The van der Waals surface area contributed by atoms with E-state index in [0.29, 0.717) is 40.8 Å². The van der Waals surface area contributed by atoms with Gasteiger partial charge in [0, 0.05) is 11.6 Å². The van der Waals surface area contributed by atoms with Crippen molar-refractivity contribution >= 4 is 5.95 Å². The normalized spacial score (nSPS) is 10.5. The van der Waals surface area contributed by atoms with E-state index in [-0.39, 0.29) is 11.7 Å². The number of aromatic nitrogens is 2. The van der Waals surface area contributed by atoms with Crippen molar-refractivity contribution in [2.75, 3.05) is 19.5 Å². The van der Waals surface area contributed by atoms with Gasteiger partial charge < -0.3 is 25.1 Å². The van der Waals surface area contributed by atoms with Crippen LogP contribution < -0.4 is 19.9 Å². The largest absolute Gasteiger partial charge is 0.507 e. The van der Waals surface area contributed by atoms with Crippen LogP contribution >= 0.6 is 0 Å².